The predicted octanol–water partition coefficient (Wildman–Crippen LogP) is 2.91. The van der Waals surface area contributed by atoms with Crippen LogP contribution in [0.5, 0.6) is 0 Å². The summed E-state index contributed by atoms with van der Waals surface area (Å²) in [6.45, 7) is 0. The number of aliphatic hydroxyl groups is 1. The Bertz CT molecular complexity index is 444. The molecular weight excluding hydrogens is 240 g/mol. The van der Waals surface area contributed by atoms with Crippen LogP contribution in [0.2, 0.25) is 0 Å². The average molecular weight is 260 g/mol. The van der Waals surface area contributed by atoms with E-state index in [1.54, 1.807) is 24.3 Å². The smallest absolute Gasteiger partial charge is 0.170 e. The maximum absolute atomic E-state index is 11.9. The number of hydrogen-bond donors (Lipinski definition) is 1. The third-order valence-electron chi connectivity index (χ3n) is 3.76. The summed E-state index contributed by atoms with van der Waals surface area (Å²) < 4.78 is 0. The Hall–Kier alpha value is -1.48. The Morgan fingerprint density at radius 2 is 1.68 bits per heavy atom. The lowest BCUT2D eigenvalue weighted by Crippen LogP contribution is -2.34. The molecule has 0 spiro atoms. The second-order valence-electron chi connectivity index (χ2n) is 5.47. The Morgan fingerprint density at radius 1 is 1.05 bits per heavy atom. The summed E-state index contributed by atoms with van der Waals surface area (Å²) >= 11 is 0. The summed E-state index contributed by atoms with van der Waals surface area (Å²) in [7, 11) is 0. The minimum absolute atomic E-state index is 0.105. The Morgan fingerprint density at radius 3 is 2.32 bits per heavy atom. The van der Waals surface area contributed by atoms with E-state index in [9.17, 15) is 14.7 Å². The highest BCUT2D eigenvalue weighted by molar-refractivity contribution is 6.08. The van der Waals surface area contributed by atoms with Crippen LogP contribution in [0.3, 0.4) is 0 Å². The number of rotatable bonds is 5. The number of hydrogen-bond acceptors (Lipinski definition) is 3. The van der Waals surface area contributed by atoms with Crippen molar-refractivity contribution in [2.75, 3.05) is 0 Å². The summed E-state index contributed by atoms with van der Waals surface area (Å²) in [5.74, 6) is -0.316. The van der Waals surface area contributed by atoms with E-state index in [1.165, 1.54) is 0 Å². The molecule has 1 aliphatic rings. The van der Waals surface area contributed by atoms with E-state index in [0.717, 1.165) is 19.3 Å². The number of Topliss-reactive ketones (excluding diaryl/α,β-unsaturated/α-hetero) is 2. The summed E-state index contributed by atoms with van der Waals surface area (Å²) in [6, 6.07) is 8.83. The first-order chi connectivity index (χ1) is 9.09. The fourth-order valence-corrected chi connectivity index (χ4v) is 2.72. The summed E-state index contributed by atoms with van der Waals surface area (Å²) in [5.41, 5.74) is -0.307. The fourth-order valence-electron chi connectivity index (χ4n) is 2.72. The van der Waals surface area contributed by atoms with Gasteiger partial charge < -0.3 is 5.11 Å². The highest BCUT2D eigenvalue weighted by Gasteiger charge is 2.32. The van der Waals surface area contributed by atoms with Gasteiger partial charge in [-0.05, 0) is 12.8 Å². The molecule has 19 heavy (non-hydrogen) atoms. The number of carbonyl (C=O) groups excluding carboxylic acids is 2. The largest absolute Gasteiger partial charge is 0.389 e. The molecule has 102 valence electrons. The van der Waals surface area contributed by atoms with Crippen LogP contribution in [-0.2, 0) is 4.79 Å². The molecule has 0 saturated heterocycles. The van der Waals surface area contributed by atoms with Crippen molar-refractivity contribution in [2.45, 2.75) is 50.5 Å². The Balaban J connectivity index is 1.89. The number of carbonyl (C=O) groups is 2. The molecule has 0 bridgehead atoms. The standard InChI is InChI=1S/C16H20O3/c17-14(12-16(19)9-5-2-6-10-16)11-15(18)13-7-3-1-4-8-13/h1,3-4,7-8,19H,2,5-6,9-12H2. The summed E-state index contributed by atoms with van der Waals surface area (Å²) in [4.78, 5) is 23.8. The predicted molar refractivity (Wildman–Crippen MR) is 73.0 cm³/mol. The van der Waals surface area contributed by atoms with E-state index < -0.39 is 5.60 Å². The van der Waals surface area contributed by atoms with Gasteiger partial charge in [-0.15, -0.1) is 0 Å². The van der Waals surface area contributed by atoms with Gasteiger partial charge in [0.1, 0.15) is 5.78 Å². The lowest BCUT2D eigenvalue weighted by Gasteiger charge is -2.31. The van der Waals surface area contributed by atoms with Crippen LogP contribution in [0, 0.1) is 0 Å². The quantitative estimate of drug-likeness (QED) is 0.654. The van der Waals surface area contributed by atoms with Crippen LogP contribution < -0.4 is 0 Å². The van der Waals surface area contributed by atoms with Crippen molar-refractivity contribution in [2.24, 2.45) is 0 Å². The van der Waals surface area contributed by atoms with Crippen LogP contribution in [0.15, 0.2) is 30.3 Å². The zero-order valence-electron chi connectivity index (χ0n) is 11.1. The number of ketones is 2. The highest BCUT2D eigenvalue weighted by Crippen LogP contribution is 2.31. The molecule has 2 rings (SSSR count). The first-order valence-corrected chi connectivity index (χ1v) is 6.91. The van der Waals surface area contributed by atoms with Gasteiger partial charge in [0, 0.05) is 12.0 Å². The average Bonchev–Trinajstić information content (AvgIpc) is 2.39. The van der Waals surface area contributed by atoms with Crippen molar-refractivity contribution in [3.8, 4) is 0 Å². The molecule has 1 N–H and O–H groups in total. The molecule has 0 aliphatic heterocycles. The molecule has 0 heterocycles. The zero-order valence-corrected chi connectivity index (χ0v) is 11.1. The van der Waals surface area contributed by atoms with Crippen molar-refractivity contribution in [1.82, 2.24) is 0 Å². The molecular formula is C16H20O3. The second-order valence-corrected chi connectivity index (χ2v) is 5.47. The maximum atomic E-state index is 11.9. The van der Waals surface area contributed by atoms with Crippen LogP contribution >= 0.6 is 0 Å². The molecule has 1 aromatic carbocycles. The lowest BCUT2D eigenvalue weighted by molar-refractivity contribution is -0.124. The molecule has 0 atom stereocenters. The van der Waals surface area contributed by atoms with E-state index >= 15 is 0 Å². The normalized spacial score (nSPS) is 17.9. The van der Waals surface area contributed by atoms with Crippen molar-refractivity contribution >= 4 is 11.6 Å². The molecule has 1 saturated carbocycles. The van der Waals surface area contributed by atoms with Crippen molar-refractivity contribution in [3.05, 3.63) is 35.9 Å². The molecule has 1 aliphatic carbocycles. The van der Waals surface area contributed by atoms with Gasteiger partial charge in [0.25, 0.3) is 0 Å². The highest BCUT2D eigenvalue weighted by atomic mass is 16.3. The summed E-state index contributed by atoms with van der Waals surface area (Å²) in [5, 5.41) is 10.3. The van der Waals surface area contributed by atoms with Crippen molar-refractivity contribution in [3.63, 3.8) is 0 Å². The van der Waals surface area contributed by atoms with E-state index in [1.807, 2.05) is 6.07 Å². The monoisotopic (exact) mass is 260 g/mol. The SMILES string of the molecule is O=C(CC(=O)c1ccccc1)CC1(O)CCCCC1. The van der Waals surface area contributed by atoms with Crippen LogP contribution in [-0.4, -0.2) is 22.3 Å². The third kappa shape index (κ3) is 4.00. The molecule has 0 unspecified atom stereocenters. The summed E-state index contributed by atoms with van der Waals surface area (Å²) in [6.07, 6.45) is 4.43. The van der Waals surface area contributed by atoms with Gasteiger partial charge in [-0.25, -0.2) is 0 Å². The minimum atomic E-state index is -0.869. The van der Waals surface area contributed by atoms with Crippen molar-refractivity contribution in [1.29, 1.82) is 0 Å². The van der Waals surface area contributed by atoms with E-state index in [4.69, 9.17) is 0 Å². The van der Waals surface area contributed by atoms with E-state index in [0.29, 0.717) is 18.4 Å². The molecule has 0 aromatic heterocycles. The lowest BCUT2D eigenvalue weighted by atomic mass is 9.81. The van der Waals surface area contributed by atoms with Gasteiger partial charge in [0.05, 0.1) is 12.0 Å². The van der Waals surface area contributed by atoms with Gasteiger partial charge in [0.15, 0.2) is 5.78 Å². The second kappa shape index (κ2) is 6.11. The van der Waals surface area contributed by atoms with Gasteiger partial charge in [-0.3, -0.25) is 9.59 Å². The Kier molecular flexibility index (Phi) is 4.48. The van der Waals surface area contributed by atoms with E-state index in [-0.39, 0.29) is 24.4 Å². The molecule has 0 amide bonds. The molecule has 3 heteroatoms. The first-order valence-electron chi connectivity index (χ1n) is 6.91. The first kappa shape index (κ1) is 13.9. The molecule has 1 fully saturated rings. The molecule has 0 radical (unpaired) electrons. The topological polar surface area (TPSA) is 54.4 Å². The van der Waals surface area contributed by atoms with E-state index in [2.05, 4.69) is 0 Å². The minimum Gasteiger partial charge on any atom is -0.389 e. The molecule has 3 nitrogen and oxygen atoms in total. The molecule has 1 aromatic rings. The van der Waals surface area contributed by atoms with Gasteiger partial charge in [-0.2, -0.15) is 0 Å². The van der Waals surface area contributed by atoms with Crippen LogP contribution in [0.1, 0.15) is 55.3 Å². The maximum Gasteiger partial charge on any atom is 0.170 e. The fraction of sp³-hybridized carbons (Fsp3) is 0.500. The van der Waals surface area contributed by atoms with Crippen molar-refractivity contribution < 1.29 is 14.7 Å². The third-order valence-corrected chi connectivity index (χ3v) is 3.76. The Labute approximate surface area is 113 Å². The van der Waals surface area contributed by atoms with Crippen LogP contribution in [0.25, 0.3) is 0 Å². The van der Waals surface area contributed by atoms with Crippen LogP contribution in [0.4, 0.5) is 0 Å². The van der Waals surface area contributed by atoms with Gasteiger partial charge in [-0.1, -0.05) is 49.6 Å². The zero-order chi connectivity index (χ0) is 13.7. The number of benzene rings is 1. The van der Waals surface area contributed by atoms with Gasteiger partial charge in [0.2, 0.25) is 0 Å². The van der Waals surface area contributed by atoms with Gasteiger partial charge >= 0.3 is 0 Å².